The summed E-state index contributed by atoms with van der Waals surface area (Å²) in [5.41, 5.74) is 0.948. The lowest BCUT2D eigenvalue weighted by molar-refractivity contribution is -0.130. The Balaban J connectivity index is 1.40. The summed E-state index contributed by atoms with van der Waals surface area (Å²) in [6.07, 6.45) is 0.315. The van der Waals surface area contributed by atoms with Crippen LogP contribution in [0, 0.1) is 5.82 Å². The van der Waals surface area contributed by atoms with Crippen LogP contribution in [0.5, 0.6) is 0 Å². The summed E-state index contributed by atoms with van der Waals surface area (Å²) >= 11 is 1.39. The molecule has 1 fully saturated rings. The molecule has 1 aliphatic heterocycles. The largest absolute Gasteiger partial charge is 0.418 e. The van der Waals surface area contributed by atoms with Gasteiger partial charge in [0.1, 0.15) is 5.82 Å². The van der Waals surface area contributed by atoms with Gasteiger partial charge >= 0.3 is 0 Å². The molecule has 5 rings (SSSR count). The van der Waals surface area contributed by atoms with Gasteiger partial charge in [0.25, 0.3) is 0 Å². The molecular weight excluding hydrogens is 489 g/mol. The van der Waals surface area contributed by atoms with E-state index in [1.54, 1.807) is 15.9 Å². The van der Waals surface area contributed by atoms with Gasteiger partial charge < -0.3 is 14.2 Å². The third kappa shape index (κ3) is 4.85. The second-order valence-electron chi connectivity index (χ2n) is 8.09. The highest BCUT2D eigenvalue weighted by Crippen LogP contribution is 2.36. The first-order chi connectivity index (χ1) is 16.9. The van der Waals surface area contributed by atoms with E-state index in [0.29, 0.717) is 37.5 Å². The van der Waals surface area contributed by atoms with Crippen LogP contribution in [-0.4, -0.2) is 50.4 Å². The van der Waals surface area contributed by atoms with Crippen LogP contribution in [-0.2, 0) is 21.1 Å². The van der Waals surface area contributed by atoms with Crippen LogP contribution in [0.2, 0.25) is 0 Å². The Bertz CT molecular complexity index is 1410. The van der Waals surface area contributed by atoms with Crippen molar-refractivity contribution in [2.75, 3.05) is 31.1 Å². The number of nitrogens with zero attached hydrogens (tertiary/aromatic N) is 3. The van der Waals surface area contributed by atoms with Gasteiger partial charge in [0.15, 0.2) is 0 Å². The van der Waals surface area contributed by atoms with Crippen LogP contribution in [0.15, 0.2) is 86.4 Å². The van der Waals surface area contributed by atoms with E-state index in [0.717, 1.165) is 17.7 Å². The summed E-state index contributed by atoms with van der Waals surface area (Å²) in [7, 11) is -4.07. The van der Waals surface area contributed by atoms with E-state index in [4.69, 9.17) is 4.42 Å². The molecule has 3 heterocycles. The van der Waals surface area contributed by atoms with Gasteiger partial charge in [-0.2, -0.15) is 4.98 Å². The molecule has 2 aromatic heterocycles. The number of hydrogen-bond donors (Lipinski definition) is 0. The van der Waals surface area contributed by atoms with E-state index < -0.39 is 15.7 Å². The van der Waals surface area contributed by atoms with Crippen molar-refractivity contribution < 1.29 is 22.0 Å². The maximum atomic E-state index is 13.4. The molecule has 0 spiro atoms. The van der Waals surface area contributed by atoms with E-state index in [1.807, 2.05) is 41.8 Å². The molecule has 0 saturated carbocycles. The van der Waals surface area contributed by atoms with Crippen LogP contribution >= 0.6 is 11.3 Å². The summed E-state index contributed by atoms with van der Waals surface area (Å²) in [6.45, 7) is 1.64. The number of halogens is 1. The highest BCUT2D eigenvalue weighted by molar-refractivity contribution is 7.91. The zero-order chi connectivity index (χ0) is 24.4. The quantitative estimate of drug-likeness (QED) is 0.360. The predicted molar refractivity (Wildman–Crippen MR) is 131 cm³/mol. The minimum absolute atomic E-state index is 0.0202. The molecule has 0 bridgehead atoms. The standard InChI is InChI=1S/C25H22FN3O4S2/c26-19-8-10-20(11-9-19)35(31,32)24-25(33-23(27-24)21-7-4-16-34-21)29-14-12-28(13-15-29)22(30)17-18-5-2-1-3-6-18/h1-11,16H,12-15,17H2. The first-order valence-corrected chi connectivity index (χ1v) is 13.4. The molecule has 180 valence electrons. The van der Waals surface area contributed by atoms with E-state index in [9.17, 15) is 17.6 Å². The van der Waals surface area contributed by atoms with Crippen molar-refractivity contribution in [3.63, 3.8) is 0 Å². The van der Waals surface area contributed by atoms with Gasteiger partial charge in [0, 0.05) is 26.2 Å². The number of rotatable bonds is 6. The Hall–Kier alpha value is -3.50. The molecule has 2 aromatic carbocycles. The Morgan fingerprint density at radius 2 is 1.69 bits per heavy atom. The number of sulfone groups is 1. The van der Waals surface area contributed by atoms with E-state index in [2.05, 4.69) is 4.98 Å². The maximum absolute atomic E-state index is 13.4. The van der Waals surface area contributed by atoms with Crippen LogP contribution in [0.25, 0.3) is 10.8 Å². The Kier molecular flexibility index (Phi) is 6.40. The number of carbonyl (C=O) groups excluding carboxylic acids is 1. The number of carbonyl (C=O) groups is 1. The molecule has 1 amide bonds. The average molecular weight is 512 g/mol. The Labute approximate surface area is 206 Å². The van der Waals surface area contributed by atoms with Crippen LogP contribution in [0.1, 0.15) is 5.56 Å². The zero-order valence-electron chi connectivity index (χ0n) is 18.6. The first kappa shape index (κ1) is 23.3. The smallest absolute Gasteiger partial charge is 0.240 e. The summed E-state index contributed by atoms with van der Waals surface area (Å²) in [6, 6.07) is 17.8. The Morgan fingerprint density at radius 1 is 0.971 bits per heavy atom. The van der Waals surface area contributed by atoms with Crippen LogP contribution in [0.4, 0.5) is 10.3 Å². The molecular formula is C25H22FN3O4S2. The third-order valence-electron chi connectivity index (χ3n) is 5.81. The van der Waals surface area contributed by atoms with Crippen molar-refractivity contribution in [3.05, 3.63) is 83.5 Å². The summed E-state index contributed by atoms with van der Waals surface area (Å²) in [5.74, 6) is -0.169. The predicted octanol–water partition coefficient (Wildman–Crippen LogP) is 4.27. The Morgan fingerprint density at radius 3 is 2.34 bits per heavy atom. The number of amides is 1. The summed E-state index contributed by atoms with van der Waals surface area (Å²) < 4.78 is 46.3. The lowest BCUT2D eigenvalue weighted by atomic mass is 10.1. The van der Waals surface area contributed by atoms with Crippen molar-refractivity contribution in [1.82, 2.24) is 9.88 Å². The van der Waals surface area contributed by atoms with Gasteiger partial charge in [0.05, 0.1) is 16.2 Å². The van der Waals surface area contributed by atoms with Crippen molar-refractivity contribution in [3.8, 4) is 10.8 Å². The van der Waals surface area contributed by atoms with Gasteiger partial charge in [-0.15, -0.1) is 11.3 Å². The van der Waals surface area contributed by atoms with Crippen molar-refractivity contribution >= 4 is 33.0 Å². The van der Waals surface area contributed by atoms with E-state index in [-0.39, 0.29) is 27.6 Å². The molecule has 0 aliphatic carbocycles. The first-order valence-electron chi connectivity index (χ1n) is 11.0. The molecule has 0 atom stereocenters. The SMILES string of the molecule is O=C(Cc1ccccc1)N1CCN(c2oc(-c3cccs3)nc2S(=O)(=O)c2ccc(F)cc2)CC1. The molecule has 1 saturated heterocycles. The highest BCUT2D eigenvalue weighted by Gasteiger charge is 2.33. The zero-order valence-corrected chi connectivity index (χ0v) is 20.3. The summed E-state index contributed by atoms with van der Waals surface area (Å²) in [4.78, 5) is 21.3. The molecule has 1 aliphatic rings. The van der Waals surface area contributed by atoms with Crippen LogP contribution < -0.4 is 4.90 Å². The molecule has 0 radical (unpaired) electrons. The minimum Gasteiger partial charge on any atom is -0.418 e. The second-order valence-corrected chi connectivity index (χ2v) is 10.9. The van der Waals surface area contributed by atoms with E-state index in [1.165, 1.54) is 23.5 Å². The second kappa shape index (κ2) is 9.63. The lowest BCUT2D eigenvalue weighted by Crippen LogP contribution is -2.49. The normalized spacial score (nSPS) is 14.3. The lowest BCUT2D eigenvalue weighted by Gasteiger charge is -2.34. The molecule has 4 aromatic rings. The van der Waals surface area contributed by atoms with Crippen LogP contribution in [0.3, 0.4) is 0 Å². The highest BCUT2D eigenvalue weighted by atomic mass is 32.2. The number of piperazine rings is 1. The van der Waals surface area contributed by atoms with Gasteiger partial charge in [-0.1, -0.05) is 36.4 Å². The van der Waals surface area contributed by atoms with Gasteiger partial charge in [-0.3, -0.25) is 4.79 Å². The fourth-order valence-electron chi connectivity index (χ4n) is 3.95. The minimum atomic E-state index is -4.07. The van der Waals surface area contributed by atoms with Gasteiger partial charge in [-0.25, -0.2) is 12.8 Å². The third-order valence-corrected chi connectivity index (χ3v) is 8.33. The van der Waals surface area contributed by atoms with Crippen molar-refractivity contribution in [2.45, 2.75) is 16.3 Å². The maximum Gasteiger partial charge on any atom is 0.240 e. The summed E-state index contributed by atoms with van der Waals surface area (Å²) in [5, 5.41) is 1.64. The number of hydrogen-bond acceptors (Lipinski definition) is 7. The van der Waals surface area contributed by atoms with Gasteiger partial charge in [-0.05, 0) is 41.3 Å². The number of aromatic nitrogens is 1. The fraction of sp³-hybridized carbons (Fsp3) is 0.200. The molecule has 10 heteroatoms. The number of benzene rings is 2. The molecule has 7 nitrogen and oxygen atoms in total. The fourth-order valence-corrected chi connectivity index (χ4v) is 5.92. The monoisotopic (exact) mass is 511 g/mol. The average Bonchev–Trinajstić information content (AvgIpc) is 3.56. The number of oxazole rings is 1. The number of thiophene rings is 1. The number of anilines is 1. The van der Waals surface area contributed by atoms with Crippen molar-refractivity contribution in [1.29, 1.82) is 0 Å². The molecule has 0 N–H and O–H groups in total. The topological polar surface area (TPSA) is 83.7 Å². The molecule has 0 unspecified atom stereocenters. The van der Waals surface area contributed by atoms with Crippen molar-refractivity contribution in [2.24, 2.45) is 0 Å². The van der Waals surface area contributed by atoms with Gasteiger partial charge in [0.2, 0.25) is 32.5 Å². The molecule has 35 heavy (non-hydrogen) atoms. The van der Waals surface area contributed by atoms with E-state index >= 15 is 0 Å².